The van der Waals surface area contributed by atoms with Crippen molar-refractivity contribution in [1.82, 2.24) is 9.97 Å². The minimum atomic E-state index is -4.17. The van der Waals surface area contributed by atoms with Crippen molar-refractivity contribution < 1.29 is 12.8 Å². The Balaban J connectivity index is 1.75. The van der Waals surface area contributed by atoms with Crippen LogP contribution in [0.3, 0.4) is 0 Å². The maximum absolute atomic E-state index is 15.2. The van der Waals surface area contributed by atoms with Gasteiger partial charge in [0.15, 0.2) is 5.82 Å². The zero-order valence-electron chi connectivity index (χ0n) is 15.1. The van der Waals surface area contributed by atoms with Crippen LogP contribution in [0.1, 0.15) is 0 Å². The molecule has 0 fully saturated rings. The monoisotopic (exact) mass is 462 g/mol. The molecule has 0 bridgehead atoms. The molecule has 0 radical (unpaired) electrons. The number of hydrogen-bond acceptors (Lipinski definition) is 5. The number of nitrogens with zero attached hydrogens (tertiary/aromatic N) is 2. The Morgan fingerprint density at radius 1 is 1.03 bits per heavy atom. The molecule has 0 aliphatic carbocycles. The summed E-state index contributed by atoms with van der Waals surface area (Å²) in [4.78, 5) is 7.79. The van der Waals surface area contributed by atoms with Gasteiger partial charge in [0, 0.05) is 22.2 Å². The van der Waals surface area contributed by atoms with Gasteiger partial charge in [0.25, 0.3) is 10.0 Å². The number of fused-ring (bicyclic) bond motifs is 1. The van der Waals surface area contributed by atoms with E-state index in [1.807, 2.05) is 0 Å². The number of hydrogen-bond donors (Lipinski definition) is 2. The van der Waals surface area contributed by atoms with Crippen LogP contribution >= 0.6 is 23.2 Å². The first kappa shape index (κ1) is 20.3. The summed E-state index contributed by atoms with van der Waals surface area (Å²) in [7, 11) is -4.17. The van der Waals surface area contributed by atoms with Crippen molar-refractivity contribution in [3.05, 3.63) is 76.7 Å². The number of nitrogens with one attached hydrogen (secondary N) is 1. The van der Waals surface area contributed by atoms with Crippen molar-refractivity contribution >= 4 is 55.8 Å². The highest BCUT2D eigenvalue weighted by Crippen LogP contribution is 2.32. The molecule has 0 saturated carbocycles. The summed E-state index contributed by atoms with van der Waals surface area (Å²) in [5, 5.41) is 0.822. The fourth-order valence-corrected chi connectivity index (χ4v) is 4.75. The molecule has 152 valence electrons. The number of halogens is 3. The highest BCUT2D eigenvalue weighted by Gasteiger charge is 2.21. The van der Waals surface area contributed by atoms with Crippen LogP contribution in [0, 0.1) is 5.82 Å². The molecule has 3 aromatic carbocycles. The largest absolute Gasteiger partial charge is 0.368 e. The fourth-order valence-electron chi connectivity index (χ4n) is 2.93. The van der Waals surface area contributed by atoms with Crippen molar-refractivity contribution in [3.63, 3.8) is 0 Å². The second-order valence-electron chi connectivity index (χ2n) is 6.35. The molecular formula is C20H13Cl2FN4O2S. The lowest BCUT2D eigenvalue weighted by Crippen LogP contribution is -2.14. The van der Waals surface area contributed by atoms with Crippen LogP contribution in [0.25, 0.3) is 22.0 Å². The number of nitrogen functional groups attached to an aromatic ring is 1. The van der Waals surface area contributed by atoms with Gasteiger partial charge in [-0.1, -0.05) is 41.4 Å². The van der Waals surface area contributed by atoms with Gasteiger partial charge in [-0.25, -0.2) is 22.8 Å². The topological polar surface area (TPSA) is 98.0 Å². The quantitative estimate of drug-likeness (QED) is 0.438. The van der Waals surface area contributed by atoms with E-state index in [1.165, 1.54) is 30.5 Å². The Hall–Kier alpha value is -2.94. The van der Waals surface area contributed by atoms with E-state index in [0.717, 1.165) is 0 Å². The Kier molecular flexibility index (Phi) is 5.23. The molecule has 0 amide bonds. The Bertz CT molecular complexity index is 1400. The third-order valence-corrected chi connectivity index (χ3v) is 6.42. The summed E-state index contributed by atoms with van der Waals surface area (Å²) >= 11 is 11.9. The zero-order chi connectivity index (χ0) is 21.5. The van der Waals surface area contributed by atoms with E-state index in [4.69, 9.17) is 28.9 Å². The summed E-state index contributed by atoms with van der Waals surface area (Å²) in [6.45, 7) is 0. The number of rotatable bonds is 4. The van der Waals surface area contributed by atoms with E-state index in [-0.39, 0.29) is 32.1 Å². The van der Waals surface area contributed by atoms with E-state index in [9.17, 15) is 8.42 Å². The average molecular weight is 463 g/mol. The SMILES string of the molecule is Nc1ncc2cc(-c3cccc(NS(=O)(=O)c4cc(Cl)ccc4Cl)c3F)ccc2n1. The molecule has 0 saturated heterocycles. The second-order valence-corrected chi connectivity index (χ2v) is 8.84. The third-order valence-electron chi connectivity index (χ3n) is 4.34. The lowest BCUT2D eigenvalue weighted by Gasteiger charge is -2.13. The average Bonchev–Trinajstić information content (AvgIpc) is 2.71. The molecule has 6 nitrogen and oxygen atoms in total. The number of anilines is 2. The molecule has 0 atom stereocenters. The van der Waals surface area contributed by atoms with Gasteiger partial charge in [-0.3, -0.25) is 4.72 Å². The smallest absolute Gasteiger partial charge is 0.263 e. The van der Waals surface area contributed by atoms with Crippen LogP contribution in [-0.4, -0.2) is 18.4 Å². The minimum absolute atomic E-state index is 0.0303. The summed E-state index contributed by atoms with van der Waals surface area (Å²) in [5.74, 6) is -0.604. The van der Waals surface area contributed by atoms with Gasteiger partial charge in [0.1, 0.15) is 4.90 Å². The zero-order valence-corrected chi connectivity index (χ0v) is 17.4. The molecule has 4 aromatic rings. The van der Waals surface area contributed by atoms with Crippen LogP contribution in [-0.2, 0) is 10.0 Å². The molecule has 0 unspecified atom stereocenters. The van der Waals surface area contributed by atoms with Gasteiger partial charge in [0.2, 0.25) is 5.95 Å². The predicted molar refractivity (Wildman–Crippen MR) is 117 cm³/mol. The highest BCUT2D eigenvalue weighted by atomic mass is 35.5. The lowest BCUT2D eigenvalue weighted by atomic mass is 10.0. The van der Waals surface area contributed by atoms with E-state index in [1.54, 1.807) is 30.3 Å². The van der Waals surface area contributed by atoms with Gasteiger partial charge in [0.05, 0.1) is 16.2 Å². The Morgan fingerprint density at radius 2 is 1.83 bits per heavy atom. The van der Waals surface area contributed by atoms with E-state index < -0.39 is 15.8 Å². The molecule has 0 spiro atoms. The number of nitrogens with two attached hydrogens (primary N) is 1. The normalized spacial score (nSPS) is 11.6. The number of sulfonamides is 1. The number of aromatic nitrogens is 2. The fraction of sp³-hybridized carbons (Fsp3) is 0. The Labute approximate surface area is 181 Å². The van der Waals surface area contributed by atoms with Crippen LogP contribution in [0.4, 0.5) is 16.0 Å². The molecule has 0 aliphatic rings. The van der Waals surface area contributed by atoms with Crippen molar-refractivity contribution in [2.24, 2.45) is 0 Å². The van der Waals surface area contributed by atoms with Gasteiger partial charge >= 0.3 is 0 Å². The van der Waals surface area contributed by atoms with Crippen LogP contribution in [0.5, 0.6) is 0 Å². The molecule has 30 heavy (non-hydrogen) atoms. The molecule has 1 aromatic heterocycles. The predicted octanol–water partition coefficient (Wildman–Crippen LogP) is 5.13. The van der Waals surface area contributed by atoms with Gasteiger partial charge in [-0.15, -0.1) is 0 Å². The summed E-state index contributed by atoms with van der Waals surface area (Å²) in [6, 6.07) is 13.5. The van der Waals surface area contributed by atoms with E-state index in [0.29, 0.717) is 16.5 Å². The molecule has 3 N–H and O–H groups in total. The van der Waals surface area contributed by atoms with Crippen molar-refractivity contribution in [2.45, 2.75) is 4.90 Å². The molecule has 0 aliphatic heterocycles. The maximum Gasteiger partial charge on any atom is 0.263 e. The first-order valence-electron chi connectivity index (χ1n) is 8.53. The molecular weight excluding hydrogens is 450 g/mol. The van der Waals surface area contributed by atoms with E-state index >= 15 is 4.39 Å². The molecule has 4 rings (SSSR count). The summed E-state index contributed by atoms with van der Waals surface area (Å²) in [5.41, 5.74) is 6.69. The summed E-state index contributed by atoms with van der Waals surface area (Å²) in [6.07, 6.45) is 1.53. The van der Waals surface area contributed by atoms with Crippen molar-refractivity contribution in [3.8, 4) is 11.1 Å². The van der Waals surface area contributed by atoms with E-state index in [2.05, 4.69) is 14.7 Å². The van der Waals surface area contributed by atoms with Crippen LogP contribution < -0.4 is 10.5 Å². The van der Waals surface area contributed by atoms with Crippen LogP contribution in [0.2, 0.25) is 10.0 Å². The maximum atomic E-state index is 15.2. The third kappa shape index (κ3) is 3.89. The van der Waals surface area contributed by atoms with Gasteiger partial charge in [-0.05, 0) is 42.0 Å². The number of benzene rings is 3. The molecule has 10 heteroatoms. The van der Waals surface area contributed by atoms with Crippen molar-refractivity contribution in [1.29, 1.82) is 0 Å². The van der Waals surface area contributed by atoms with Gasteiger partial charge < -0.3 is 5.73 Å². The first-order valence-corrected chi connectivity index (χ1v) is 10.8. The van der Waals surface area contributed by atoms with Crippen LogP contribution in [0.15, 0.2) is 65.7 Å². The van der Waals surface area contributed by atoms with Crippen molar-refractivity contribution in [2.75, 3.05) is 10.5 Å². The minimum Gasteiger partial charge on any atom is -0.368 e. The second kappa shape index (κ2) is 7.71. The highest BCUT2D eigenvalue weighted by molar-refractivity contribution is 7.92. The standard InChI is InChI=1S/C20H13Cl2FN4O2S/c21-13-5-6-15(22)18(9-13)30(28,29)27-17-3-1-2-14(19(17)23)11-4-7-16-12(8-11)10-25-20(24)26-16/h1-10,27H,(H2,24,25,26). The first-order chi connectivity index (χ1) is 14.2. The summed E-state index contributed by atoms with van der Waals surface area (Å²) < 4.78 is 42.9. The van der Waals surface area contributed by atoms with Gasteiger partial charge in [-0.2, -0.15) is 0 Å². The lowest BCUT2D eigenvalue weighted by molar-refractivity contribution is 0.599. The Morgan fingerprint density at radius 3 is 2.63 bits per heavy atom. The molecule has 1 heterocycles.